The number of fused-ring (bicyclic) bond motifs is 2. The highest BCUT2D eigenvalue weighted by Gasteiger charge is 2.41. The van der Waals surface area contributed by atoms with Crippen molar-refractivity contribution >= 4 is 21.7 Å². The van der Waals surface area contributed by atoms with Gasteiger partial charge in [-0.05, 0) is 53.8 Å². The van der Waals surface area contributed by atoms with Crippen molar-refractivity contribution in [2.24, 2.45) is 0 Å². The number of benzene rings is 2. The Morgan fingerprint density at radius 1 is 0.968 bits per heavy atom. The van der Waals surface area contributed by atoms with Crippen molar-refractivity contribution in [3.05, 3.63) is 107 Å². The zero-order valence-electron chi connectivity index (χ0n) is 16.6. The van der Waals surface area contributed by atoms with Crippen LogP contribution < -0.4 is 5.56 Å². The smallest absolute Gasteiger partial charge is 0.259 e. The highest BCUT2D eigenvalue weighted by molar-refractivity contribution is 5.95. The molecule has 0 spiro atoms. The zero-order chi connectivity index (χ0) is 20.9. The van der Waals surface area contributed by atoms with Crippen molar-refractivity contribution in [3.8, 4) is 11.1 Å². The second-order valence-electron chi connectivity index (χ2n) is 8.02. The van der Waals surface area contributed by atoms with Crippen LogP contribution in [0.5, 0.6) is 0 Å². The van der Waals surface area contributed by atoms with Crippen LogP contribution in [0.25, 0.3) is 32.8 Å². The molecule has 2 aromatic carbocycles. The van der Waals surface area contributed by atoms with E-state index in [1.807, 2.05) is 59.3 Å². The predicted molar refractivity (Wildman–Crippen MR) is 120 cm³/mol. The average molecular weight is 407 g/mol. The fourth-order valence-electron chi connectivity index (χ4n) is 4.45. The first kappa shape index (κ1) is 18.0. The molecule has 0 amide bonds. The van der Waals surface area contributed by atoms with Gasteiger partial charge in [-0.15, -0.1) is 0 Å². The van der Waals surface area contributed by atoms with Gasteiger partial charge in [-0.2, -0.15) is 0 Å². The number of halogens is 1. The van der Waals surface area contributed by atoms with Crippen molar-refractivity contribution < 1.29 is 4.39 Å². The van der Waals surface area contributed by atoms with Crippen LogP contribution in [0.15, 0.2) is 90.1 Å². The zero-order valence-corrected chi connectivity index (χ0v) is 16.6. The average Bonchev–Trinajstić information content (AvgIpc) is 3.60. The van der Waals surface area contributed by atoms with Crippen LogP contribution in [-0.2, 0) is 0 Å². The monoisotopic (exact) mass is 407 g/mol. The van der Waals surface area contributed by atoms with Crippen LogP contribution in [-0.4, -0.2) is 14.5 Å². The van der Waals surface area contributed by atoms with Crippen molar-refractivity contribution in [2.45, 2.75) is 18.4 Å². The highest BCUT2D eigenvalue weighted by Crippen LogP contribution is 2.50. The number of nitrogens with zero attached hydrogens (tertiary/aromatic N) is 3. The predicted octanol–water partition coefficient (Wildman–Crippen LogP) is 5.48. The Kier molecular flexibility index (Phi) is 3.96. The Labute approximate surface area is 177 Å². The lowest BCUT2D eigenvalue weighted by Crippen LogP contribution is -2.19. The van der Waals surface area contributed by atoms with Crippen molar-refractivity contribution in [2.75, 3.05) is 0 Å². The van der Waals surface area contributed by atoms with E-state index >= 15 is 0 Å². The molecule has 1 aliphatic carbocycles. The third-order valence-corrected chi connectivity index (χ3v) is 6.10. The van der Waals surface area contributed by atoms with E-state index in [2.05, 4.69) is 4.98 Å². The maximum Gasteiger partial charge on any atom is 0.259 e. The molecule has 0 bridgehead atoms. The van der Waals surface area contributed by atoms with Gasteiger partial charge in [0, 0.05) is 47.2 Å². The summed E-state index contributed by atoms with van der Waals surface area (Å²) in [5.74, 6) is -0.0892. The van der Waals surface area contributed by atoms with Gasteiger partial charge in [0.2, 0.25) is 0 Å². The molecule has 1 aliphatic rings. The number of hydrogen-bond donors (Lipinski definition) is 0. The Morgan fingerprint density at radius 3 is 2.77 bits per heavy atom. The lowest BCUT2D eigenvalue weighted by molar-refractivity contribution is 0.629. The number of pyridine rings is 3. The molecule has 5 aromatic rings. The van der Waals surface area contributed by atoms with Crippen molar-refractivity contribution in [1.82, 2.24) is 14.5 Å². The van der Waals surface area contributed by atoms with Crippen LogP contribution in [0, 0.1) is 5.82 Å². The molecule has 0 saturated heterocycles. The summed E-state index contributed by atoms with van der Waals surface area (Å²) in [5, 5.41) is 2.42. The summed E-state index contributed by atoms with van der Waals surface area (Å²) in [7, 11) is 0. The summed E-state index contributed by atoms with van der Waals surface area (Å²) in [4.78, 5) is 22.4. The molecule has 0 N–H and O–H groups in total. The van der Waals surface area contributed by atoms with Gasteiger partial charge in [0.25, 0.3) is 5.56 Å². The fourth-order valence-corrected chi connectivity index (χ4v) is 4.45. The summed E-state index contributed by atoms with van der Waals surface area (Å²) in [6.07, 6.45) is 6.26. The van der Waals surface area contributed by atoms with Crippen LogP contribution in [0.4, 0.5) is 4.39 Å². The minimum absolute atomic E-state index is 0.00677. The SMILES string of the molecule is O=c1c2c(-c3cccnc3)cccc2ccn1C1CC1c1ccc2cc(F)ccc2n1. The van der Waals surface area contributed by atoms with Gasteiger partial charge >= 0.3 is 0 Å². The lowest BCUT2D eigenvalue weighted by Gasteiger charge is -2.11. The van der Waals surface area contributed by atoms with Gasteiger partial charge in [0.1, 0.15) is 5.82 Å². The summed E-state index contributed by atoms with van der Waals surface area (Å²) in [6.45, 7) is 0. The third-order valence-electron chi connectivity index (χ3n) is 6.10. The quantitative estimate of drug-likeness (QED) is 0.398. The molecule has 0 radical (unpaired) electrons. The third kappa shape index (κ3) is 3.01. The topological polar surface area (TPSA) is 47.8 Å². The summed E-state index contributed by atoms with van der Waals surface area (Å²) < 4.78 is 15.3. The van der Waals surface area contributed by atoms with Crippen LogP contribution in [0.1, 0.15) is 24.1 Å². The highest BCUT2D eigenvalue weighted by atomic mass is 19.1. The van der Waals surface area contributed by atoms with E-state index in [0.29, 0.717) is 5.39 Å². The Hall–Kier alpha value is -3.86. The Morgan fingerprint density at radius 2 is 1.90 bits per heavy atom. The van der Waals surface area contributed by atoms with Gasteiger partial charge < -0.3 is 4.57 Å². The summed E-state index contributed by atoms with van der Waals surface area (Å²) in [6, 6.07) is 20.3. The molecule has 31 heavy (non-hydrogen) atoms. The van der Waals surface area contributed by atoms with Gasteiger partial charge in [-0.25, -0.2) is 4.39 Å². The number of hydrogen-bond acceptors (Lipinski definition) is 3. The molecular formula is C26H18FN3O. The van der Waals surface area contributed by atoms with Gasteiger partial charge in [-0.3, -0.25) is 14.8 Å². The first-order valence-electron chi connectivity index (χ1n) is 10.3. The molecule has 4 nitrogen and oxygen atoms in total. The van der Waals surface area contributed by atoms with Crippen LogP contribution in [0.2, 0.25) is 0 Å². The summed E-state index contributed by atoms with van der Waals surface area (Å²) in [5.41, 5.74) is 3.55. The molecule has 3 aromatic heterocycles. The maximum absolute atomic E-state index is 13.5. The maximum atomic E-state index is 13.5. The fraction of sp³-hybridized carbons (Fsp3) is 0.115. The normalized spacial score (nSPS) is 17.8. The molecule has 2 unspecified atom stereocenters. The second-order valence-corrected chi connectivity index (χ2v) is 8.02. The van der Waals surface area contributed by atoms with Gasteiger partial charge in [0.15, 0.2) is 0 Å². The molecule has 2 atom stereocenters. The van der Waals surface area contributed by atoms with Crippen molar-refractivity contribution in [3.63, 3.8) is 0 Å². The molecule has 1 saturated carbocycles. The van der Waals surface area contributed by atoms with E-state index in [0.717, 1.165) is 39.5 Å². The summed E-state index contributed by atoms with van der Waals surface area (Å²) >= 11 is 0. The number of aromatic nitrogens is 3. The van der Waals surface area contributed by atoms with Crippen molar-refractivity contribution in [1.29, 1.82) is 0 Å². The van der Waals surface area contributed by atoms with E-state index in [4.69, 9.17) is 4.98 Å². The van der Waals surface area contributed by atoms with E-state index in [9.17, 15) is 9.18 Å². The molecule has 0 aliphatic heterocycles. The lowest BCUT2D eigenvalue weighted by atomic mass is 10.0. The van der Waals surface area contributed by atoms with E-state index < -0.39 is 0 Å². The minimum atomic E-state index is -0.265. The second kappa shape index (κ2) is 6.84. The van der Waals surface area contributed by atoms with Gasteiger partial charge in [-0.1, -0.05) is 30.3 Å². The van der Waals surface area contributed by atoms with Gasteiger partial charge in [0.05, 0.1) is 10.9 Å². The van der Waals surface area contributed by atoms with E-state index in [1.165, 1.54) is 12.1 Å². The Bertz CT molecular complexity index is 1510. The first-order chi connectivity index (χ1) is 15.2. The molecule has 150 valence electrons. The molecule has 5 heteroatoms. The minimum Gasteiger partial charge on any atom is -0.311 e. The molecule has 3 heterocycles. The first-order valence-corrected chi connectivity index (χ1v) is 10.3. The number of rotatable bonds is 3. The largest absolute Gasteiger partial charge is 0.311 e. The molecular weight excluding hydrogens is 389 g/mol. The van der Waals surface area contributed by atoms with Crippen LogP contribution >= 0.6 is 0 Å². The standard InChI is InChI=1S/C26H18FN3O/c27-19-7-9-22-17(13-19)6-8-23(29-22)21-14-24(21)30-12-10-16-3-1-5-20(25(16)26(30)31)18-4-2-11-28-15-18/h1-13,15,21,24H,14H2. The van der Waals surface area contributed by atoms with Crippen LogP contribution in [0.3, 0.4) is 0 Å². The van der Waals surface area contributed by atoms with E-state index in [1.54, 1.807) is 18.5 Å². The molecule has 6 rings (SSSR count). The molecule has 1 fully saturated rings. The Balaban J connectivity index is 1.41. The van der Waals surface area contributed by atoms with E-state index in [-0.39, 0.29) is 23.3 Å².